The first-order valence-corrected chi connectivity index (χ1v) is 13.6. The number of nitrogens with zero attached hydrogens (tertiary/aromatic N) is 1. The number of hydrogen-bond donors (Lipinski definition) is 3. The van der Waals surface area contributed by atoms with Gasteiger partial charge in [-0.15, -0.1) is 0 Å². The average Bonchev–Trinajstić information content (AvgIpc) is 2.93. The largest absolute Gasteiger partial charge is 0.496 e. The molecule has 3 atom stereocenters. The summed E-state index contributed by atoms with van der Waals surface area (Å²) in [4.78, 5) is 28.0. The van der Waals surface area contributed by atoms with Crippen molar-refractivity contribution in [2.75, 3.05) is 40.5 Å². The number of aliphatic hydroxyl groups is 2. The van der Waals surface area contributed by atoms with Gasteiger partial charge in [-0.3, -0.25) is 9.59 Å². The minimum absolute atomic E-state index is 0.0930. The van der Waals surface area contributed by atoms with Gasteiger partial charge in [0.15, 0.2) is 0 Å². The number of halogens is 1. The monoisotopic (exact) mass is 638 g/mol. The molecule has 0 radical (unpaired) electrons. The van der Waals surface area contributed by atoms with Crippen LogP contribution in [0.1, 0.15) is 18.4 Å². The Morgan fingerprint density at radius 1 is 1.11 bits per heavy atom. The fourth-order valence-corrected chi connectivity index (χ4v) is 4.94. The number of methoxy groups -OCH3 is 2. The first kappa shape index (κ1) is 29.9. The standard InChI is InChI=1S/C28H35IN2O7/c1-36-16-12-26(33)31(14-11-19-7-3-5-9-23(19)37-2)22-17-20(28(35)30-13-15-32)18-25(27(22)34)38-24-10-6-4-8-21(24)29/h3-10,18,22,25,27,32,34H,11-17H2,1-2H3,(H,30,35)/t22-,25+,27+/m1/s1. The first-order chi connectivity index (χ1) is 18.4. The number of carbonyl (C=O) groups is 2. The SMILES string of the molecule is COCCC(=O)N(CCc1ccccc1OC)[C@@H]1CC(C(=O)NCCO)=C[C@H](Oc2ccccc2I)[C@H]1O. The molecule has 9 nitrogen and oxygen atoms in total. The van der Waals surface area contributed by atoms with Gasteiger partial charge in [0.1, 0.15) is 23.7 Å². The van der Waals surface area contributed by atoms with Crippen molar-refractivity contribution in [1.82, 2.24) is 10.2 Å². The molecule has 2 aromatic carbocycles. The second kappa shape index (κ2) is 15.1. The van der Waals surface area contributed by atoms with Crippen LogP contribution in [-0.4, -0.2) is 85.7 Å². The van der Waals surface area contributed by atoms with Crippen LogP contribution < -0.4 is 14.8 Å². The summed E-state index contributed by atoms with van der Waals surface area (Å²) in [5, 5.41) is 23.4. The van der Waals surface area contributed by atoms with Gasteiger partial charge >= 0.3 is 0 Å². The van der Waals surface area contributed by atoms with Gasteiger partial charge < -0.3 is 34.6 Å². The molecule has 0 heterocycles. The topological polar surface area (TPSA) is 118 Å². The van der Waals surface area contributed by atoms with Crippen molar-refractivity contribution >= 4 is 34.4 Å². The Bertz CT molecular complexity index is 1110. The molecule has 0 aliphatic heterocycles. The molecule has 0 saturated carbocycles. The lowest BCUT2D eigenvalue weighted by Gasteiger charge is -2.40. The molecule has 0 spiro atoms. The number of para-hydroxylation sites is 2. The zero-order valence-electron chi connectivity index (χ0n) is 21.6. The maximum atomic E-state index is 13.4. The molecule has 0 aromatic heterocycles. The molecule has 0 unspecified atom stereocenters. The summed E-state index contributed by atoms with van der Waals surface area (Å²) in [6.45, 7) is 0.421. The van der Waals surface area contributed by atoms with E-state index in [1.54, 1.807) is 24.2 Å². The highest BCUT2D eigenvalue weighted by atomic mass is 127. The van der Waals surface area contributed by atoms with Crippen LogP contribution >= 0.6 is 22.6 Å². The molecule has 0 fully saturated rings. The fourth-order valence-electron chi connectivity index (χ4n) is 4.43. The number of amides is 2. The molecule has 2 amide bonds. The van der Waals surface area contributed by atoms with E-state index in [4.69, 9.17) is 14.2 Å². The van der Waals surface area contributed by atoms with Crippen LogP contribution in [0.25, 0.3) is 0 Å². The summed E-state index contributed by atoms with van der Waals surface area (Å²) in [5.41, 5.74) is 1.31. The average molecular weight is 638 g/mol. The van der Waals surface area contributed by atoms with E-state index in [0.717, 1.165) is 9.13 Å². The van der Waals surface area contributed by atoms with E-state index in [9.17, 15) is 19.8 Å². The Morgan fingerprint density at radius 2 is 1.82 bits per heavy atom. The van der Waals surface area contributed by atoms with Crippen LogP contribution in [0.3, 0.4) is 0 Å². The highest BCUT2D eigenvalue weighted by Crippen LogP contribution is 2.30. The molecule has 3 N–H and O–H groups in total. The van der Waals surface area contributed by atoms with Gasteiger partial charge in [0.25, 0.3) is 0 Å². The molecular weight excluding hydrogens is 603 g/mol. The van der Waals surface area contributed by atoms with Crippen molar-refractivity contribution in [1.29, 1.82) is 0 Å². The number of carbonyl (C=O) groups excluding carboxylic acids is 2. The van der Waals surface area contributed by atoms with Crippen LogP contribution in [0.2, 0.25) is 0 Å². The van der Waals surface area contributed by atoms with Crippen LogP contribution in [0.5, 0.6) is 11.5 Å². The second-order valence-electron chi connectivity index (χ2n) is 8.84. The summed E-state index contributed by atoms with van der Waals surface area (Å²) >= 11 is 2.15. The van der Waals surface area contributed by atoms with Gasteiger partial charge in [0.05, 0.1) is 36.4 Å². The first-order valence-electron chi connectivity index (χ1n) is 12.5. The molecule has 0 bridgehead atoms. The molecule has 206 valence electrons. The third-order valence-electron chi connectivity index (χ3n) is 6.37. The molecule has 1 aliphatic carbocycles. The molecular formula is C28H35IN2O7. The number of ether oxygens (including phenoxy) is 3. The number of nitrogens with one attached hydrogen (secondary N) is 1. The van der Waals surface area contributed by atoms with Crippen molar-refractivity contribution in [2.45, 2.75) is 37.5 Å². The Morgan fingerprint density at radius 3 is 2.50 bits per heavy atom. The molecule has 38 heavy (non-hydrogen) atoms. The second-order valence-corrected chi connectivity index (χ2v) is 10.0. The minimum atomic E-state index is -1.09. The highest BCUT2D eigenvalue weighted by molar-refractivity contribution is 14.1. The van der Waals surface area contributed by atoms with Crippen molar-refractivity contribution < 1.29 is 34.0 Å². The normalized spacial score (nSPS) is 18.9. The third kappa shape index (κ3) is 7.92. The maximum Gasteiger partial charge on any atom is 0.247 e. The van der Waals surface area contributed by atoms with Crippen molar-refractivity contribution in [2.24, 2.45) is 0 Å². The van der Waals surface area contributed by atoms with Gasteiger partial charge in [0.2, 0.25) is 11.8 Å². The lowest BCUT2D eigenvalue weighted by Crippen LogP contribution is -2.55. The molecule has 10 heteroatoms. The van der Waals surface area contributed by atoms with Gasteiger partial charge in [-0.25, -0.2) is 0 Å². The van der Waals surface area contributed by atoms with Crippen molar-refractivity contribution in [3.05, 3.63) is 69.3 Å². The third-order valence-corrected chi connectivity index (χ3v) is 7.26. The minimum Gasteiger partial charge on any atom is -0.496 e. The zero-order chi connectivity index (χ0) is 27.5. The van der Waals surface area contributed by atoms with Gasteiger partial charge in [0, 0.05) is 32.2 Å². The highest BCUT2D eigenvalue weighted by Gasteiger charge is 2.40. The van der Waals surface area contributed by atoms with E-state index in [0.29, 0.717) is 30.0 Å². The summed E-state index contributed by atoms with van der Waals surface area (Å²) in [5.74, 6) is 0.706. The van der Waals surface area contributed by atoms with E-state index in [1.165, 1.54) is 7.11 Å². The summed E-state index contributed by atoms with van der Waals surface area (Å²) in [6, 6.07) is 14.2. The molecule has 2 aromatic rings. The summed E-state index contributed by atoms with van der Waals surface area (Å²) in [7, 11) is 3.12. The lowest BCUT2D eigenvalue weighted by atomic mass is 9.87. The molecule has 1 aliphatic rings. The van der Waals surface area contributed by atoms with Gasteiger partial charge in [-0.05, 0) is 58.9 Å². The predicted molar refractivity (Wildman–Crippen MR) is 151 cm³/mol. The van der Waals surface area contributed by atoms with Crippen LogP contribution in [0.15, 0.2) is 60.2 Å². The van der Waals surface area contributed by atoms with Gasteiger partial charge in [-0.2, -0.15) is 0 Å². The number of aliphatic hydroxyl groups excluding tert-OH is 2. The Hall–Kier alpha value is -2.67. The summed E-state index contributed by atoms with van der Waals surface area (Å²) in [6.07, 6.45) is 0.394. The number of benzene rings is 2. The Labute approximate surface area is 236 Å². The van der Waals surface area contributed by atoms with E-state index < -0.39 is 18.2 Å². The quantitative estimate of drug-likeness (QED) is 0.289. The predicted octanol–water partition coefficient (Wildman–Crippen LogP) is 2.32. The van der Waals surface area contributed by atoms with Gasteiger partial charge in [-0.1, -0.05) is 30.3 Å². The smallest absolute Gasteiger partial charge is 0.247 e. The Kier molecular flexibility index (Phi) is 11.8. The van der Waals surface area contributed by atoms with Crippen LogP contribution in [0, 0.1) is 3.57 Å². The van der Waals surface area contributed by atoms with Crippen molar-refractivity contribution in [3.63, 3.8) is 0 Å². The van der Waals surface area contributed by atoms with E-state index in [2.05, 4.69) is 27.9 Å². The molecule has 0 saturated heterocycles. The van der Waals surface area contributed by atoms with E-state index in [-0.39, 0.29) is 44.4 Å². The number of rotatable bonds is 13. The summed E-state index contributed by atoms with van der Waals surface area (Å²) < 4.78 is 17.6. The van der Waals surface area contributed by atoms with Crippen LogP contribution in [0.4, 0.5) is 0 Å². The van der Waals surface area contributed by atoms with Crippen LogP contribution in [-0.2, 0) is 20.7 Å². The number of hydrogen-bond acceptors (Lipinski definition) is 7. The van der Waals surface area contributed by atoms with Crippen molar-refractivity contribution in [3.8, 4) is 11.5 Å². The fraction of sp³-hybridized carbons (Fsp3) is 0.429. The maximum absolute atomic E-state index is 13.4. The van der Waals surface area contributed by atoms with E-state index >= 15 is 0 Å². The molecule has 3 rings (SSSR count). The zero-order valence-corrected chi connectivity index (χ0v) is 23.8. The Balaban J connectivity index is 1.93. The van der Waals surface area contributed by atoms with E-state index in [1.807, 2.05) is 42.5 Å². The lowest BCUT2D eigenvalue weighted by molar-refractivity contribution is -0.139.